The second-order valence-electron chi connectivity index (χ2n) is 5.95. The number of nitrogens with one attached hydrogen (secondary N) is 1. The third-order valence-corrected chi connectivity index (χ3v) is 4.13. The van der Waals surface area contributed by atoms with Gasteiger partial charge in [-0.15, -0.1) is 0 Å². The molecule has 1 aliphatic rings. The number of nitrogens with zero attached hydrogens (tertiary/aromatic N) is 2. The Kier molecular flexibility index (Phi) is 5.29. The summed E-state index contributed by atoms with van der Waals surface area (Å²) < 4.78 is 44.8. The van der Waals surface area contributed by atoms with Crippen LogP contribution in [0.1, 0.15) is 18.4 Å². The Morgan fingerprint density at radius 3 is 2.46 bits per heavy atom. The molecule has 3 rings (SSSR count). The van der Waals surface area contributed by atoms with Crippen molar-refractivity contribution in [2.45, 2.75) is 25.1 Å². The fraction of sp³-hybridized carbons (Fsp3) is 0.333. The third-order valence-electron chi connectivity index (χ3n) is 4.13. The predicted octanol–water partition coefficient (Wildman–Crippen LogP) is 4.18. The zero-order valence-corrected chi connectivity index (χ0v) is 13.9. The average Bonchev–Trinajstić information content (AvgIpc) is 2.63. The largest absolute Gasteiger partial charge is 0.474 e. The van der Waals surface area contributed by atoms with E-state index < -0.39 is 17.8 Å². The second kappa shape index (κ2) is 7.63. The first-order chi connectivity index (χ1) is 12.4. The van der Waals surface area contributed by atoms with Gasteiger partial charge in [0.1, 0.15) is 6.10 Å². The molecule has 2 amide bonds. The second-order valence-corrected chi connectivity index (χ2v) is 5.95. The first-order valence-corrected chi connectivity index (χ1v) is 8.23. The van der Waals surface area contributed by atoms with Gasteiger partial charge in [0, 0.05) is 38.2 Å². The van der Waals surface area contributed by atoms with Crippen LogP contribution in [0.2, 0.25) is 0 Å². The molecule has 1 aromatic heterocycles. The topological polar surface area (TPSA) is 54.5 Å². The number of aromatic nitrogens is 1. The van der Waals surface area contributed by atoms with E-state index in [0.29, 0.717) is 31.8 Å². The van der Waals surface area contributed by atoms with E-state index in [-0.39, 0.29) is 11.8 Å². The van der Waals surface area contributed by atoms with Gasteiger partial charge in [0.2, 0.25) is 5.88 Å². The zero-order valence-electron chi connectivity index (χ0n) is 13.9. The van der Waals surface area contributed by atoms with Crippen LogP contribution in [0.15, 0.2) is 48.7 Å². The molecule has 1 saturated heterocycles. The van der Waals surface area contributed by atoms with Crippen LogP contribution in [0.4, 0.5) is 23.7 Å². The number of halogens is 3. The summed E-state index contributed by atoms with van der Waals surface area (Å²) in [4.78, 5) is 17.9. The van der Waals surface area contributed by atoms with Crippen molar-refractivity contribution >= 4 is 11.7 Å². The van der Waals surface area contributed by atoms with Crippen LogP contribution < -0.4 is 10.1 Å². The molecule has 0 unspecified atom stereocenters. The summed E-state index contributed by atoms with van der Waals surface area (Å²) in [5, 5.41) is 2.37. The minimum absolute atomic E-state index is 0.0728. The van der Waals surface area contributed by atoms with Crippen molar-refractivity contribution in [3.05, 3.63) is 54.2 Å². The number of anilines is 1. The van der Waals surface area contributed by atoms with Gasteiger partial charge in [0.15, 0.2) is 0 Å². The normalized spacial score (nSPS) is 15.6. The SMILES string of the molecule is O=C(Nc1ccccc1C(F)(F)F)N1CCC(Oc2ccccn2)CC1. The Morgan fingerprint density at radius 1 is 1.12 bits per heavy atom. The van der Waals surface area contributed by atoms with Gasteiger partial charge >= 0.3 is 12.2 Å². The average molecular weight is 365 g/mol. The molecule has 5 nitrogen and oxygen atoms in total. The number of piperidine rings is 1. The maximum Gasteiger partial charge on any atom is 0.418 e. The van der Waals surface area contributed by atoms with Crippen LogP contribution in [0.3, 0.4) is 0 Å². The van der Waals surface area contributed by atoms with E-state index >= 15 is 0 Å². The van der Waals surface area contributed by atoms with E-state index in [1.54, 1.807) is 18.3 Å². The Morgan fingerprint density at radius 2 is 1.81 bits per heavy atom. The van der Waals surface area contributed by atoms with Crippen molar-refractivity contribution in [2.75, 3.05) is 18.4 Å². The quantitative estimate of drug-likeness (QED) is 0.888. The molecule has 2 heterocycles. The molecule has 0 saturated carbocycles. The number of hydrogen-bond acceptors (Lipinski definition) is 3. The maximum absolute atomic E-state index is 13.0. The van der Waals surface area contributed by atoms with Crippen LogP contribution in [0.5, 0.6) is 5.88 Å². The molecular weight excluding hydrogens is 347 g/mol. The molecule has 0 atom stereocenters. The summed E-state index contributed by atoms with van der Waals surface area (Å²) in [5.41, 5.74) is -1.10. The molecule has 0 aliphatic carbocycles. The van der Waals surface area contributed by atoms with Crippen LogP contribution in [0.25, 0.3) is 0 Å². The molecule has 8 heteroatoms. The summed E-state index contributed by atoms with van der Waals surface area (Å²) in [7, 11) is 0. The van der Waals surface area contributed by atoms with Gasteiger partial charge < -0.3 is 15.0 Å². The van der Waals surface area contributed by atoms with Crippen LogP contribution in [-0.2, 0) is 6.18 Å². The first-order valence-electron chi connectivity index (χ1n) is 8.23. The lowest BCUT2D eigenvalue weighted by atomic mass is 10.1. The highest BCUT2D eigenvalue weighted by atomic mass is 19.4. The maximum atomic E-state index is 13.0. The van der Waals surface area contributed by atoms with Crippen LogP contribution in [-0.4, -0.2) is 35.1 Å². The van der Waals surface area contributed by atoms with Crippen molar-refractivity contribution in [1.82, 2.24) is 9.88 Å². The van der Waals surface area contributed by atoms with E-state index in [4.69, 9.17) is 4.74 Å². The van der Waals surface area contributed by atoms with Gasteiger partial charge in [0.05, 0.1) is 11.3 Å². The number of para-hydroxylation sites is 1. The van der Waals surface area contributed by atoms with Crippen molar-refractivity contribution in [3.8, 4) is 5.88 Å². The number of hydrogen-bond donors (Lipinski definition) is 1. The molecular formula is C18H18F3N3O2. The molecule has 1 N–H and O–H groups in total. The van der Waals surface area contributed by atoms with E-state index in [1.165, 1.54) is 23.1 Å². The molecule has 138 valence electrons. The fourth-order valence-corrected chi connectivity index (χ4v) is 2.80. The minimum Gasteiger partial charge on any atom is -0.474 e. The Labute approximate surface area is 148 Å². The summed E-state index contributed by atoms with van der Waals surface area (Å²) >= 11 is 0. The van der Waals surface area contributed by atoms with Crippen LogP contribution in [0, 0.1) is 0 Å². The van der Waals surface area contributed by atoms with Gasteiger partial charge in [-0.1, -0.05) is 18.2 Å². The molecule has 1 aromatic carbocycles. The number of carbonyl (C=O) groups is 1. The Hall–Kier alpha value is -2.77. The molecule has 1 fully saturated rings. The van der Waals surface area contributed by atoms with Crippen molar-refractivity contribution in [1.29, 1.82) is 0 Å². The molecule has 0 spiro atoms. The highest BCUT2D eigenvalue weighted by Gasteiger charge is 2.34. The number of carbonyl (C=O) groups excluding carboxylic acids is 1. The predicted molar refractivity (Wildman–Crippen MR) is 89.9 cm³/mol. The lowest BCUT2D eigenvalue weighted by Gasteiger charge is -2.32. The molecule has 2 aromatic rings. The van der Waals surface area contributed by atoms with E-state index in [2.05, 4.69) is 10.3 Å². The molecule has 0 radical (unpaired) electrons. The van der Waals surface area contributed by atoms with E-state index in [1.807, 2.05) is 6.07 Å². The summed E-state index contributed by atoms with van der Waals surface area (Å²) in [6, 6.07) is 9.77. The highest BCUT2D eigenvalue weighted by Crippen LogP contribution is 2.34. The van der Waals surface area contributed by atoms with Crippen LogP contribution >= 0.6 is 0 Å². The number of rotatable bonds is 3. The lowest BCUT2D eigenvalue weighted by Crippen LogP contribution is -2.44. The first kappa shape index (κ1) is 18.0. The van der Waals surface area contributed by atoms with E-state index in [9.17, 15) is 18.0 Å². The van der Waals surface area contributed by atoms with E-state index in [0.717, 1.165) is 6.07 Å². The minimum atomic E-state index is -4.52. The number of pyridine rings is 1. The molecule has 0 bridgehead atoms. The summed E-state index contributed by atoms with van der Waals surface area (Å²) in [6.45, 7) is 0.801. The third kappa shape index (κ3) is 4.44. The van der Waals surface area contributed by atoms with Gasteiger partial charge in [-0.25, -0.2) is 9.78 Å². The number of likely N-dealkylation sites (tertiary alicyclic amines) is 1. The van der Waals surface area contributed by atoms with Crippen molar-refractivity contribution in [3.63, 3.8) is 0 Å². The summed E-state index contributed by atoms with van der Waals surface area (Å²) in [5.74, 6) is 0.523. The number of urea groups is 1. The monoisotopic (exact) mass is 365 g/mol. The fourth-order valence-electron chi connectivity index (χ4n) is 2.80. The van der Waals surface area contributed by atoms with Gasteiger partial charge in [0.25, 0.3) is 0 Å². The standard InChI is InChI=1S/C18H18F3N3O2/c19-18(20,21)14-5-1-2-6-15(14)23-17(25)24-11-8-13(9-12-24)26-16-7-3-4-10-22-16/h1-7,10,13H,8-9,11-12H2,(H,23,25). The number of amides is 2. The van der Waals surface area contributed by atoms with Crippen molar-refractivity contribution in [2.24, 2.45) is 0 Å². The number of benzene rings is 1. The van der Waals surface area contributed by atoms with Crippen molar-refractivity contribution < 1.29 is 22.7 Å². The summed E-state index contributed by atoms with van der Waals surface area (Å²) in [6.07, 6.45) is -1.78. The molecule has 1 aliphatic heterocycles. The number of alkyl halides is 3. The zero-order chi connectivity index (χ0) is 18.6. The van der Waals surface area contributed by atoms with Gasteiger partial charge in [-0.3, -0.25) is 0 Å². The van der Waals surface area contributed by atoms with Gasteiger partial charge in [-0.05, 0) is 18.2 Å². The highest BCUT2D eigenvalue weighted by molar-refractivity contribution is 5.90. The Balaban J connectivity index is 1.56. The van der Waals surface area contributed by atoms with Gasteiger partial charge in [-0.2, -0.15) is 13.2 Å². The number of ether oxygens (including phenoxy) is 1. The smallest absolute Gasteiger partial charge is 0.418 e. The molecule has 26 heavy (non-hydrogen) atoms. The lowest BCUT2D eigenvalue weighted by molar-refractivity contribution is -0.136. The Bertz CT molecular complexity index is 745.